The number of aromatic nitrogens is 3. The highest BCUT2D eigenvalue weighted by molar-refractivity contribution is 6.02. The Hall–Kier alpha value is -3.48. The molecule has 2 aromatic heterocycles. The Balaban J connectivity index is 1.33. The standard InChI is InChI=1S/C27H28FN5O/c1-3-18-14-20-6-4-8-23(20)33-25-21(27(34)31(2)26(18)33)16-32(30-25)15-17-10-12-19(13-11-17)22-7-5-9-24(28)29-22/h5,7,9-13,16,20,23H,3-4,6,8,14-15H2,1-2H3. The molecule has 0 N–H and O–H groups in total. The molecule has 174 valence electrons. The largest absolute Gasteiger partial charge is 0.307 e. The van der Waals surface area contributed by atoms with E-state index in [1.54, 1.807) is 12.1 Å². The molecule has 3 aromatic rings. The monoisotopic (exact) mass is 457 g/mol. The molecule has 6 rings (SSSR count). The number of allylic oxidation sites excluding steroid dienone is 1. The van der Waals surface area contributed by atoms with Crippen LogP contribution in [0.1, 0.15) is 54.9 Å². The first kappa shape index (κ1) is 21.1. The lowest BCUT2D eigenvalue weighted by Crippen LogP contribution is -2.51. The molecule has 1 aromatic carbocycles. The fraction of sp³-hybridized carbons (Fsp3) is 0.370. The van der Waals surface area contributed by atoms with Crippen molar-refractivity contribution in [2.75, 3.05) is 11.9 Å². The topological polar surface area (TPSA) is 54.3 Å². The van der Waals surface area contributed by atoms with E-state index in [0.29, 0.717) is 29.8 Å². The molecule has 1 fully saturated rings. The summed E-state index contributed by atoms with van der Waals surface area (Å²) in [5.41, 5.74) is 4.57. The normalized spacial score (nSPS) is 21.6. The molecule has 3 aliphatic rings. The van der Waals surface area contributed by atoms with Gasteiger partial charge in [0.25, 0.3) is 5.91 Å². The number of rotatable bonds is 4. The Labute approximate surface area is 198 Å². The number of nitrogens with zero attached hydrogens (tertiary/aromatic N) is 5. The van der Waals surface area contributed by atoms with Gasteiger partial charge in [-0.1, -0.05) is 43.7 Å². The molecule has 0 spiro atoms. The van der Waals surface area contributed by atoms with Gasteiger partial charge in [0.15, 0.2) is 5.82 Å². The lowest BCUT2D eigenvalue weighted by molar-refractivity contribution is 0.0814. The van der Waals surface area contributed by atoms with Gasteiger partial charge in [0.05, 0.1) is 12.2 Å². The lowest BCUT2D eigenvalue weighted by atomic mass is 9.87. The summed E-state index contributed by atoms with van der Waals surface area (Å²) in [6.45, 7) is 2.74. The van der Waals surface area contributed by atoms with E-state index < -0.39 is 5.95 Å². The molecule has 1 saturated carbocycles. The van der Waals surface area contributed by atoms with E-state index in [2.05, 4.69) is 16.8 Å². The van der Waals surface area contributed by atoms with E-state index in [1.165, 1.54) is 24.5 Å². The minimum absolute atomic E-state index is 0.0161. The van der Waals surface area contributed by atoms with Crippen LogP contribution in [0.3, 0.4) is 0 Å². The zero-order valence-electron chi connectivity index (χ0n) is 19.5. The van der Waals surface area contributed by atoms with Crippen molar-refractivity contribution in [3.8, 4) is 11.3 Å². The molecule has 1 amide bonds. The van der Waals surface area contributed by atoms with Crippen molar-refractivity contribution in [3.05, 3.63) is 77.1 Å². The molecule has 0 radical (unpaired) electrons. The van der Waals surface area contributed by atoms with Crippen LogP contribution in [-0.4, -0.2) is 38.7 Å². The van der Waals surface area contributed by atoms with Crippen molar-refractivity contribution in [2.45, 2.75) is 51.6 Å². The van der Waals surface area contributed by atoms with Gasteiger partial charge in [0, 0.05) is 24.8 Å². The van der Waals surface area contributed by atoms with E-state index in [-0.39, 0.29) is 5.91 Å². The molecule has 0 saturated heterocycles. The van der Waals surface area contributed by atoms with Crippen LogP contribution in [0.5, 0.6) is 0 Å². The van der Waals surface area contributed by atoms with E-state index in [0.717, 1.165) is 42.0 Å². The summed E-state index contributed by atoms with van der Waals surface area (Å²) in [6.07, 6.45) is 7.56. The van der Waals surface area contributed by atoms with E-state index >= 15 is 0 Å². The van der Waals surface area contributed by atoms with E-state index in [1.807, 2.05) is 47.1 Å². The van der Waals surface area contributed by atoms with Gasteiger partial charge in [-0.2, -0.15) is 9.49 Å². The summed E-state index contributed by atoms with van der Waals surface area (Å²) in [5.74, 6) is 2.03. The first-order chi connectivity index (χ1) is 16.5. The first-order valence-corrected chi connectivity index (χ1v) is 12.1. The van der Waals surface area contributed by atoms with Gasteiger partial charge in [-0.15, -0.1) is 0 Å². The molecule has 1 aliphatic carbocycles. The molecule has 2 aliphatic heterocycles. The summed E-state index contributed by atoms with van der Waals surface area (Å²) in [5, 5.41) is 4.94. The SMILES string of the molecule is CCC1=C2N(C)C(=O)c3cn(Cc4ccc(-c5cccc(F)n5)cc4)nc3N2C2CCCC2C1. The fourth-order valence-electron chi connectivity index (χ4n) is 5.92. The van der Waals surface area contributed by atoms with Crippen LogP contribution in [-0.2, 0) is 6.54 Å². The van der Waals surface area contributed by atoms with Crippen LogP contribution >= 0.6 is 0 Å². The Morgan fingerprint density at radius 2 is 1.94 bits per heavy atom. The highest BCUT2D eigenvalue weighted by atomic mass is 19.1. The zero-order valence-corrected chi connectivity index (χ0v) is 19.5. The molecule has 0 bridgehead atoms. The number of carbonyl (C=O) groups excluding carboxylic acids is 1. The average molecular weight is 458 g/mol. The Kier molecular flexibility index (Phi) is 5.01. The second-order valence-corrected chi connectivity index (χ2v) is 9.58. The summed E-state index contributed by atoms with van der Waals surface area (Å²) in [7, 11) is 1.90. The molecular weight excluding hydrogens is 429 g/mol. The van der Waals surface area contributed by atoms with Gasteiger partial charge in [-0.05, 0) is 54.9 Å². The number of benzene rings is 1. The number of amides is 1. The number of hydrogen-bond acceptors (Lipinski definition) is 4. The Bertz CT molecular complexity index is 1290. The lowest BCUT2D eigenvalue weighted by Gasteiger charge is -2.46. The Morgan fingerprint density at radius 3 is 2.71 bits per heavy atom. The van der Waals surface area contributed by atoms with Crippen LogP contribution in [0, 0.1) is 11.9 Å². The van der Waals surface area contributed by atoms with Gasteiger partial charge in [-0.25, -0.2) is 4.98 Å². The Morgan fingerprint density at radius 1 is 1.12 bits per heavy atom. The maximum Gasteiger partial charge on any atom is 0.264 e. The summed E-state index contributed by atoms with van der Waals surface area (Å²) in [4.78, 5) is 21.5. The quantitative estimate of drug-likeness (QED) is 0.504. The van der Waals surface area contributed by atoms with Crippen LogP contribution in [0.25, 0.3) is 11.3 Å². The van der Waals surface area contributed by atoms with Crippen LogP contribution < -0.4 is 4.90 Å². The van der Waals surface area contributed by atoms with Crippen molar-refractivity contribution in [1.82, 2.24) is 19.7 Å². The second kappa shape index (κ2) is 8.08. The van der Waals surface area contributed by atoms with Crippen molar-refractivity contribution < 1.29 is 9.18 Å². The molecule has 2 unspecified atom stereocenters. The zero-order chi connectivity index (χ0) is 23.4. The van der Waals surface area contributed by atoms with Gasteiger partial charge in [0.2, 0.25) is 5.95 Å². The third-order valence-electron chi connectivity index (χ3n) is 7.56. The molecule has 6 nitrogen and oxygen atoms in total. The predicted octanol–water partition coefficient (Wildman–Crippen LogP) is 5.22. The third-order valence-corrected chi connectivity index (χ3v) is 7.56. The second-order valence-electron chi connectivity index (χ2n) is 9.58. The minimum Gasteiger partial charge on any atom is -0.307 e. The highest BCUT2D eigenvalue weighted by Crippen LogP contribution is 2.47. The van der Waals surface area contributed by atoms with E-state index in [4.69, 9.17) is 5.10 Å². The van der Waals surface area contributed by atoms with Crippen LogP contribution in [0.2, 0.25) is 0 Å². The fourth-order valence-corrected chi connectivity index (χ4v) is 5.92. The average Bonchev–Trinajstić information content (AvgIpc) is 3.49. The number of hydrogen-bond donors (Lipinski definition) is 0. The number of fused-ring (bicyclic) bond motifs is 5. The van der Waals surface area contributed by atoms with Gasteiger partial charge >= 0.3 is 0 Å². The molecular formula is C27H28FN5O. The third kappa shape index (κ3) is 3.33. The smallest absolute Gasteiger partial charge is 0.264 e. The van der Waals surface area contributed by atoms with Gasteiger partial charge < -0.3 is 4.90 Å². The van der Waals surface area contributed by atoms with Crippen molar-refractivity contribution in [1.29, 1.82) is 0 Å². The number of carbonyl (C=O) groups is 1. The summed E-state index contributed by atoms with van der Waals surface area (Å²) < 4.78 is 15.4. The van der Waals surface area contributed by atoms with Gasteiger partial charge in [-0.3, -0.25) is 14.4 Å². The molecule has 4 heterocycles. The number of anilines is 1. The van der Waals surface area contributed by atoms with E-state index in [9.17, 15) is 9.18 Å². The van der Waals surface area contributed by atoms with Crippen molar-refractivity contribution >= 4 is 11.7 Å². The van der Waals surface area contributed by atoms with Crippen LogP contribution in [0.15, 0.2) is 60.1 Å². The highest BCUT2D eigenvalue weighted by Gasteiger charge is 2.46. The summed E-state index contributed by atoms with van der Waals surface area (Å²) >= 11 is 0. The first-order valence-electron chi connectivity index (χ1n) is 12.1. The maximum absolute atomic E-state index is 13.5. The predicted molar refractivity (Wildman–Crippen MR) is 129 cm³/mol. The maximum atomic E-state index is 13.5. The van der Waals surface area contributed by atoms with Crippen LogP contribution in [0.4, 0.5) is 10.2 Å². The van der Waals surface area contributed by atoms with Gasteiger partial charge in [0.1, 0.15) is 11.4 Å². The van der Waals surface area contributed by atoms with Crippen molar-refractivity contribution in [3.63, 3.8) is 0 Å². The number of pyridine rings is 1. The minimum atomic E-state index is -0.486. The number of halogens is 1. The molecule has 7 heteroatoms. The molecule has 2 atom stereocenters. The molecule has 34 heavy (non-hydrogen) atoms. The summed E-state index contributed by atoms with van der Waals surface area (Å²) in [6, 6.07) is 13.1. The van der Waals surface area contributed by atoms with Crippen molar-refractivity contribution in [2.24, 2.45) is 5.92 Å².